The predicted octanol–water partition coefficient (Wildman–Crippen LogP) is 0.951. The molecule has 3 N–H and O–H groups in total. The first-order valence-corrected chi connectivity index (χ1v) is 5.36. The largest absolute Gasteiger partial charge is 0.361 e. The number of rotatable bonds is 1. The molecule has 4 nitrogen and oxygen atoms in total. The molecule has 0 atom stereocenters. The van der Waals surface area contributed by atoms with Crippen molar-refractivity contribution in [1.29, 1.82) is 0 Å². The van der Waals surface area contributed by atoms with Gasteiger partial charge in [0.05, 0.1) is 11.1 Å². The number of para-hydroxylation sites is 1. The number of H-pyrrole nitrogens is 1. The van der Waals surface area contributed by atoms with E-state index < -0.39 is 0 Å². The second-order valence-corrected chi connectivity index (χ2v) is 4.22. The van der Waals surface area contributed by atoms with Gasteiger partial charge in [-0.25, -0.2) is 0 Å². The first-order chi connectivity index (χ1) is 7.75. The van der Waals surface area contributed by atoms with Gasteiger partial charge in [-0.15, -0.1) is 0 Å². The fourth-order valence-corrected chi connectivity index (χ4v) is 2.11. The van der Waals surface area contributed by atoms with Crippen molar-refractivity contribution in [2.75, 3.05) is 13.1 Å². The third kappa shape index (κ3) is 1.31. The molecule has 1 saturated heterocycles. The van der Waals surface area contributed by atoms with Gasteiger partial charge in [0.15, 0.2) is 0 Å². The first-order valence-electron chi connectivity index (χ1n) is 5.36. The molecule has 1 fully saturated rings. The maximum absolute atomic E-state index is 12.1. The number of aromatic amines is 1. The van der Waals surface area contributed by atoms with Crippen LogP contribution in [-0.2, 0) is 0 Å². The van der Waals surface area contributed by atoms with Crippen molar-refractivity contribution in [2.45, 2.75) is 6.04 Å². The smallest absolute Gasteiger partial charge is 0.256 e. The lowest BCUT2D eigenvalue weighted by Gasteiger charge is -2.36. The summed E-state index contributed by atoms with van der Waals surface area (Å²) in [5.41, 5.74) is 7.32. The van der Waals surface area contributed by atoms with E-state index in [2.05, 4.69) is 4.98 Å². The predicted molar refractivity (Wildman–Crippen MR) is 62.2 cm³/mol. The summed E-state index contributed by atoms with van der Waals surface area (Å²) in [5, 5.41) is 1.07. The highest BCUT2D eigenvalue weighted by Gasteiger charge is 2.29. The molecule has 0 radical (unpaired) electrons. The van der Waals surface area contributed by atoms with Crippen LogP contribution in [0.1, 0.15) is 10.4 Å². The average molecular weight is 215 g/mol. The maximum atomic E-state index is 12.1. The van der Waals surface area contributed by atoms with E-state index in [0.717, 1.165) is 16.5 Å². The number of nitrogens with two attached hydrogens (primary N) is 1. The lowest BCUT2D eigenvalue weighted by Crippen LogP contribution is -2.57. The summed E-state index contributed by atoms with van der Waals surface area (Å²) >= 11 is 0. The summed E-state index contributed by atoms with van der Waals surface area (Å²) in [6, 6.07) is 7.86. The monoisotopic (exact) mass is 215 g/mol. The first kappa shape index (κ1) is 9.42. The Kier molecular flexibility index (Phi) is 1.97. The van der Waals surface area contributed by atoms with Gasteiger partial charge < -0.3 is 15.6 Å². The number of likely N-dealkylation sites (tertiary alicyclic amines) is 1. The van der Waals surface area contributed by atoms with Crippen LogP contribution in [-0.4, -0.2) is 34.9 Å². The van der Waals surface area contributed by atoms with Gasteiger partial charge in [0.25, 0.3) is 5.91 Å². The Hall–Kier alpha value is -1.81. The zero-order valence-corrected chi connectivity index (χ0v) is 8.81. The molecule has 4 heteroatoms. The SMILES string of the molecule is NC1CN(C(=O)c2cccc3cc[nH]c23)C1. The van der Waals surface area contributed by atoms with Crippen molar-refractivity contribution >= 4 is 16.8 Å². The number of aromatic nitrogens is 1. The van der Waals surface area contributed by atoms with Gasteiger partial charge in [-0.2, -0.15) is 0 Å². The van der Waals surface area contributed by atoms with Gasteiger partial charge in [-0.1, -0.05) is 12.1 Å². The minimum absolute atomic E-state index is 0.0646. The van der Waals surface area contributed by atoms with Gasteiger partial charge >= 0.3 is 0 Å². The van der Waals surface area contributed by atoms with Crippen molar-refractivity contribution in [3.8, 4) is 0 Å². The van der Waals surface area contributed by atoms with E-state index in [-0.39, 0.29) is 11.9 Å². The fourth-order valence-electron chi connectivity index (χ4n) is 2.11. The molecular formula is C12H13N3O. The second kappa shape index (κ2) is 3.35. The second-order valence-electron chi connectivity index (χ2n) is 4.22. The van der Waals surface area contributed by atoms with Gasteiger partial charge in [0, 0.05) is 30.7 Å². The molecule has 1 aromatic carbocycles. The molecule has 1 aliphatic rings. The summed E-state index contributed by atoms with van der Waals surface area (Å²) in [7, 11) is 0. The zero-order chi connectivity index (χ0) is 11.1. The van der Waals surface area contributed by atoms with Crippen LogP contribution in [0.2, 0.25) is 0 Å². The van der Waals surface area contributed by atoms with Gasteiger partial charge in [-0.3, -0.25) is 4.79 Å². The van der Waals surface area contributed by atoms with Crippen molar-refractivity contribution in [3.63, 3.8) is 0 Å². The summed E-state index contributed by atoms with van der Waals surface area (Å²) in [6.07, 6.45) is 1.85. The number of nitrogens with zero attached hydrogens (tertiary/aromatic N) is 1. The summed E-state index contributed by atoms with van der Waals surface area (Å²) in [4.78, 5) is 17.0. The summed E-state index contributed by atoms with van der Waals surface area (Å²) in [5.74, 6) is 0.0646. The highest BCUT2D eigenvalue weighted by Crippen LogP contribution is 2.20. The minimum atomic E-state index is 0.0646. The lowest BCUT2D eigenvalue weighted by atomic mass is 10.1. The van der Waals surface area contributed by atoms with E-state index in [4.69, 9.17) is 5.73 Å². The molecule has 0 aliphatic carbocycles. The standard InChI is InChI=1S/C12H13N3O/c13-9-6-15(7-9)12(16)10-3-1-2-8-4-5-14-11(8)10/h1-5,9,14H,6-7,13H2. The van der Waals surface area contributed by atoms with Crippen LogP contribution in [0.25, 0.3) is 10.9 Å². The molecule has 0 bridgehead atoms. The number of hydrogen-bond acceptors (Lipinski definition) is 2. The normalized spacial score (nSPS) is 16.4. The number of amides is 1. The van der Waals surface area contributed by atoms with Crippen LogP contribution in [0.5, 0.6) is 0 Å². The molecule has 16 heavy (non-hydrogen) atoms. The number of carbonyl (C=O) groups is 1. The van der Waals surface area contributed by atoms with Crippen molar-refractivity contribution < 1.29 is 4.79 Å². The van der Waals surface area contributed by atoms with Crippen molar-refractivity contribution in [2.24, 2.45) is 5.73 Å². The molecule has 0 saturated carbocycles. The van der Waals surface area contributed by atoms with Crippen LogP contribution < -0.4 is 5.73 Å². The number of nitrogens with one attached hydrogen (secondary N) is 1. The number of benzene rings is 1. The summed E-state index contributed by atoms with van der Waals surface area (Å²) < 4.78 is 0. The maximum Gasteiger partial charge on any atom is 0.256 e. The molecule has 2 heterocycles. The highest BCUT2D eigenvalue weighted by atomic mass is 16.2. The molecular weight excluding hydrogens is 202 g/mol. The van der Waals surface area contributed by atoms with Crippen molar-refractivity contribution in [1.82, 2.24) is 9.88 Å². The van der Waals surface area contributed by atoms with Crippen LogP contribution in [0.4, 0.5) is 0 Å². The van der Waals surface area contributed by atoms with E-state index in [1.165, 1.54) is 0 Å². The third-order valence-corrected chi connectivity index (χ3v) is 3.01. The van der Waals surface area contributed by atoms with E-state index in [1.807, 2.05) is 30.5 Å². The van der Waals surface area contributed by atoms with Crippen molar-refractivity contribution in [3.05, 3.63) is 36.0 Å². The molecule has 1 aliphatic heterocycles. The van der Waals surface area contributed by atoms with Gasteiger partial charge in [-0.05, 0) is 12.1 Å². The Labute approximate surface area is 93.0 Å². The van der Waals surface area contributed by atoms with Crippen LogP contribution in [0.3, 0.4) is 0 Å². The topological polar surface area (TPSA) is 62.1 Å². The Bertz CT molecular complexity index is 540. The average Bonchev–Trinajstić information content (AvgIpc) is 2.71. The number of carbonyl (C=O) groups excluding carboxylic acids is 1. The Balaban J connectivity index is 1.99. The minimum Gasteiger partial charge on any atom is -0.361 e. The van der Waals surface area contributed by atoms with E-state index >= 15 is 0 Å². The molecule has 1 amide bonds. The van der Waals surface area contributed by atoms with Crippen LogP contribution in [0.15, 0.2) is 30.5 Å². The summed E-state index contributed by atoms with van der Waals surface area (Å²) in [6.45, 7) is 1.33. The third-order valence-electron chi connectivity index (χ3n) is 3.01. The Morgan fingerprint density at radius 1 is 1.38 bits per heavy atom. The van der Waals surface area contributed by atoms with E-state index in [9.17, 15) is 4.79 Å². The zero-order valence-electron chi connectivity index (χ0n) is 8.81. The molecule has 0 unspecified atom stereocenters. The Morgan fingerprint density at radius 3 is 2.94 bits per heavy atom. The fraction of sp³-hybridized carbons (Fsp3) is 0.250. The highest BCUT2D eigenvalue weighted by molar-refractivity contribution is 6.05. The van der Waals surface area contributed by atoms with Gasteiger partial charge in [0.2, 0.25) is 0 Å². The van der Waals surface area contributed by atoms with Crippen LogP contribution in [0, 0.1) is 0 Å². The number of hydrogen-bond donors (Lipinski definition) is 2. The van der Waals surface area contributed by atoms with Gasteiger partial charge in [0.1, 0.15) is 0 Å². The Morgan fingerprint density at radius 2 is 2.19 bits per heavy atom. The quantitative estimate of drug-likeness (QED) is 0.744. The van der Waals surface area contributed by atoms with E-state index in [0.29, 0.717) is 13.1 Å². The van der Waals surface area contributed by atoms with Crippen LogP contribution >= 0.6 is 0 Å². The lowest BCUT2D eigenvalue weighted by molar-refractivity contribution is 0.0610. The molecule has 1 aromatic heterocycles. The molecule has 3 rings (SSSR count). The molecule has 0 spiro atoms. The van der Waals surface area contributed by atoms with E-state index in [1.54, 1.807) is 4.90 Å². The molecule has 82 valence electrons. The number of fused-ring (bicyclic) bond motifs is 1. The molecule has 2 aromatic rings.